The number of aromatic hydroxyl groups is 1. The van der Waals surface area contributed by atoms with E-state index in [2.05, 4.69) is 0 Å². The number of hydrogen-bond donors (Lipinski definition) is 1. The molecule has 0 spiro atoms. The smallest absolute Gasteiger partial charge is 0.121 e. The van der Waals surface area contributed by atoms with Gasteiger partial charge < -0.3 is 5.11 Å². The molecular formula is C12H18O. The minimum absolute atomic E-state index is 0.201. The van der Waals surface area contributed by atoms with Crippen molar-refractivity contribution in [3.63, 3.8) is 0 Å². The second kappa shape index (κ2) is 3.82. The van der Waals surface area contributed by atoms with Crippen LogP contribution >= 0.6 is 0 Å². The molecule has 0 aromatic heterocycles. The molecule has 72 valence electrons. The summed E-state index contributed by atoms with van der Waals surface area (Å²) in [5, 5.41) is 9.59. The Balaban J connectivity index is 3.12. The molecule has 0 aliphatic rings. The summed E-state index contributed by atoms with van der Waals surface area (Å²) < 4.78 is 7.95. The molecule has 0 saturated carbocycles. The van der Waals surface area contributed by atoms with E-state index in [0.717, 1.165) is 16.7 Å². The summed E-state index contributed by atoms with van der Waals surface area (Å²) in [6, 6.07) is 3.81. The monoisotopic (exact) mass is 179 g/mol. The SMILES string of the molecule is [2H]C(c1cc(C)c(O)c(C)c1)C(C)C. The molecule has 0 saturated heterocycles. The third-order valence-electron chi connectivity index (χ3n) is 2.04. The summed E-state index contributed by atoms with van der Waals surface area (Å²) >= 11 is 0. The van der Waals surface area contributed by atoms with E-state index in [1.54, 1.807) is 0 Å². The number of hydrogen-bond acceptors (Lipinski definition) is 1. The normalized spacial score (nSPS) is 14.4. The Hall–Kier alpha value is -0.980. The summed E-state index contributed by atoms with van der Waals surface area (Å²) in [7, 11) is 0. The van der Waals surface area contributed by atoms with Crippen LogP contribution in [0.3, 0.4) is 0 Å². The Morgan fingerprint density at radius 3 is 2.15 bits per heavy atom. The average molecular weight is 179 g/mol. The highest BCUT2D eigenvalue weighted by Gasteiger charge is 2.04. The molecule has 1 atom stereocenters. The maximum absolute atomic E-state index is 9.59. The quantitative estimate of drug-likeness (QED) is 0.739. The highest BCUT2D eigenvalue weighted by molar-refractivity contribution is 5.42. The molecule has 0 amide bonds. The first-order valence-corrected chi connectivity index (χ1v) is 4.66. The third-order valence-corrected chi connectivity index (χ3v) is 2.04. The van der Waals surface area contributed by atoms with Gasteiger partial charge >= 0.3 is 0 Å². The van der Waals surface area contributed by atoms with Crippen molar-refractivity contribution in [1.29, 1.82) is 0 Å². The zero-order valence-electron chi connectivity index (χ0n) is 9.76. The van der Waals surface area contributed by atoms with Crippen molar-refractivity contribution in [3.8, 4) is 5.75 Å². The van der Waals surface area contributed by atoms with Gasteiger partial charge in [-0.1, -0.05) is 26.0 Å². The van der Waals surface area contributed by atoms with Gasteiger partial charge in [-0.2, -0.15) is 0 Å². The summed E-state index contributed by atoms with van der Waals surface area (Å²) in [6.07, 6.45) is -0.201. The van der Waals surface area contributed by atoms with Crippen LogP contribution in [0.4, 0.5) is 0 Å². The highest BCUT2D eigenvalue weighted by atomic mass is 16.3. The van der Waals surface area contributed by atoms with E-state index in [1.807, 2.05) is 39.8 Å². The van der Waals surface area contributed by atoms with Gasteiger partial charge in [-0.25, -0.2) is 0 Å². The lowest BCUT2D eigenvalue weighted by Crippen LogP contribution is -1.95. The molecule has 0 heterocycles. The lowest BCUT2D eigenvalue weighted by Gasteiger charge is -2.09. The topological polar surface area (TPSA) is 20.2 Å². The van der Waals surface area contributed by atoms with Crippen molar-refractivity contribution >= 4 is 0 Å². The van der Waals surface area contributed by atoms with E-state index in [4.69, 9.17) is 1.37 Å². The Bertz CT molecular complexity index is 308. The van der Waals surface area contributed by atoms with Crippen LogP contribution in [0, 0.1) is 19.8 Å². The predicted octanol–water partition coefficient (Wildman–Crippen LogP) is 3.21. The van der Waals surface area contributed by atoms with E-state index >= 15 is 0 Å². The fourth-order valence-electron chi connectivity index (χ4n) is 1.47. The van der Waals surface area contributed by atoms with Crippen LogP contribution in [0.25, 0.3) is 0 Å². The number of phenolic OH excluding ortho intramolecular Hbond substituents is 1. The lowest BCUT2D eigenvalue weighted by molar-refractivity contribution is 0.466. The molecule has 1 heteroatoms. The van der Waals surface area contributed by atoms with Crippen molar-refractivity contribution in [2.45, 2.75) is 34.1 Å². The highest BCUT2D eigenvalue weighted by Crippen LogP contribution is 2.24. The maximum Gasteiger partial charge on any atom is 0.121 e. The van der Waals surface area contributed by atoms with Gasteiger partial charge in [0.1, 0.15) is 5.75 Å². The molecular weight excluding hydrogens is 160 g/mol. The largest absolute Gasteiger partial charge is 0.507 e. The minimum atomic E-state index is -0.201. The lowest BCUT2D eigenvalue weighted by atomic mass is 9.98. The van der Waals surface area contributed by atoms with Gasteiger partial charge in [0, 0.05) is 1.37 Å². The van der Waals surface area contributed by atoms with E-state index in [-0.39, 0.29) is 6.40 Å². The summed E-state index contributed by atoms with van der Waals surface area (Å²) in [6.45, 7) is 7.82. The van der Waals surface area contributed by atoms with Crippen LogP contribution in [0.1, 0.15) is 31.9 Å². The standard InChI is InChI=1S/C12H18O/c1-8(2)5-11-6-9(3)12(13)10(4)7-11/h6-8,13H,5H2,1-4H3/i5D. The second-order valence-electron chi connectivity index (χ2n) is 3.91. The molecule has 0 radical (unpaired) electrons. The van der Waals surface area contributed by atoms with Crippen LogP contribution in [-0.2, 0) is 6.40 Å². The van der Waals surface area contributed by atoms with Crippen molar-refractivity contribution < 1.29 is 6.48 Å². The van der Waals surface area contributed by atoms with Crippen LogP contribution in [0.15, 0.2) is 12.1 Å². The second-order valence-corrected chi connectivity index (χ2v) is 3.91. The van der Waals surface area contributed by atoms with E-state index in [0.29, 0.717) is 11.7 Å². The van der Waals surface area contributed by atoms with E-state index in [9.17, 15) is 5.11 Å². The predicted molar refractivity (Wildman–Crippen MR) is 56.1 cm³/mol. The van der Waals surface area contributed by atoms with Gasteiger partial charge in [0.25, 0.3) is 0 Å². The van der Waals surface area contributed by atoms with Crippen molar-refractivity contribution in [2.75, 3.05) is 0 Å². The van der Waals surface area contributed by atoms with Crippen molar-refractivity contribution in [1.82, 2.24) is 0 Å². The van der Waals surface area contributed by atoms with Gasteiger partial charge in [0.05, 0.1) is 0 Å². The Morgan fingerprint density at radius 1 is 1.31 bits per heavy atom. The molecule has 1 rings (SSSR count). The maximum atomic E-state index is 9.59. The first-order valence-electron chi connectivity index (χ1n) is 5.23. The zero-order valence-corrected chi connectivity index (χ0v) is 8.76. The van der Waals surface area contributed by atoms with E-state index < -0.39 is 0 Å². The summed E-state index contributed by atoms with van der Waals surface area (Å²) in [5.41, 5.74) is 2.71. The molecule has 1 aromatic rings. The molecule has 1 nitrogen and oxygen atoms in total. The molecule has 0 fully saturated rings. The van der Waals surface area contributed by atoms with Crippen molar-refractivity contribution in [2.24, 2.45) is 5.92 Å². The zero-order chi connectivity index (χ0) is 10.9. The Morgan fingerprint density at radius 2 is 1.77 bits per heavy atom. The van der Waals surface area contributed by atoms with Gasteiger partial charge in [-0.3, -0.25) is 0 Å². The Kier molecular flexibility index (Phi) is 2.53. The average Bonchev–Trinajstić information content (AvgIpc) is 2.12. The van der Waals surface area contributed by atoms with Crippen LogP contribution in [0.5, 0.6) is 5.75 Å². The van der Waals surface area contributed by atoms with Gasteiger partial charge in [-0.05, 0) is 42.9 Å². The van der Waals surface area contributed by atoms with Crippen LogP contribution in [0.2, 0.25) is 0 Å². The Labute approximate surface area is 81.8 Å². The van der Waals surface area contributed by atoms with Crippen LogP contribution in [-0.4, -0.2) is 5.11 Å². The minimum Gasteiger partial charge on any atom is -0.507 e. The van der Waals surface area contributed by atoms with Gasteiger partial charge in [0.2, 0.25) is 0 Å². The van der Waals surface area contributed by atoms with Crippen LogP contribution < -0.4 is 0 Å². The number of phenols is 1. The number of rotatable bonds is 2. The fourth-order valence-corrected chi connectivity index (χ4v) is 1.47. The van der Waals surface area contributed by atoms with Crippen molar-refractivity contribution in [3.05, 3.63) is 28.8 Å². The summed E-state index contributed by atoms with van der Waals surface area (Å²) in [5.74, 6) is 0.656. The molecule has 0 bridgehead atoms. The first-order chi connectivity index (χ1) is 6.43. The molecule has 13 heavy (non-hydrogen) atoms. The summed E-state index contributed by atoms with van der Waals surface area (Å²) in [4.78, 5) is 0. The molecule has 1 aromatic carbocycles. The van der Waals surface area contributed by atoms with E-state index in [1.165, 1.54) is 0 Å². The molecule has 0 aliphatic heterocycles. The number of aryl methyl sites for hydroxylation is 2. The van der Waals surface area contributed by atoms with Gasteiger partial charge in [-0.15, -0.1) is 0 Å². The molecule has 0 aliphatic carbocycles. The third kappa shape index (κ3) is 2.48. The molecule has 1 N–H and O–H groups in total. The first kappa shape index (κ1) is 8.61. The van der Waals surface area contributed by atoms with Gasteiger partial charge in [0.15, 0.2) is 0 Å². The number of benzene rings is 1. The fraction of sp³-hybridized carbons (Fsp3) is 0.500. The molecule has 1 unspecified atom stereocenters.